The Kier molecular flexibility index (Phi) is 4.05. The number of ketones is 1. The molecular weight excluding hydrogens is 258 g/mol. The molecule has 0 fully saturated rings. The Labute approximate surface area is 126 Å². The fourth-order valence-electron chi connectivity index (χ4n) is 2.94. The zero-order valence-corrected chi connectivity index (χ0v) is 12.5. The van der Waals surface area contributed by atoms with Crippen molar-refractivity contribution in [3.8, 4) is 0 Å². The molecular formula is C19H21NO. The molecule has 0 aromatic heterocycles. The average molecular weight is 279 g/mol. The number of carbonyl (C=O) groups excluding carboxylic acids is 1. The van der Waals surface area contributed by atoms with E-state index in [1.54, 1.807) is 0 Å². The fourth-order valence-corrected chi connectivity index (χ4v) is 2.94. The second-order valence-electron chi connectivity index (χ2n) is 5.68. The Morgan fingerprint density at radius 3 is 2.86 bits per heavy atom. The first-order chi connectivity index (χ1) is 10.3. The van der Waals surface area contributed by atoms with Crippen molar-refractivity contribution in [3.05, 3.63) is 64.7 Å². The van der Waals surface area contributed by atoms with E-state index < -0.39 is 0 Å². The Morgan fingerprint density at radius 2 is 2.00 bits per heavy atom. The molecule has 0 radical (unpaired) electrons. The highest BCUT2D eigenvalue weighted by atomic mass is 16.1. The molecule has 108 valence electrons. The molecule has 0 unspecified atom stereocenters. The largest absolute Gasteiger partial charge is 0.385 e. The maximum atomic E-state index is 12.7. The molecule has 1 heterocycles. The van der Waals surface area contributed by atoms with Gasteiger partial charge in [0.05, 0.1) is 0 Å². The predicted molar refractivity (Wildman–Crippen MR) is 87.1 cm³/mol. The summed E-state index contributed by atoms with van der Waals surface area (Å²) in [5, 5.41) is 3.38. The van der Waals surface area contributed by atoms with Gasteiger partial charge in [-0.15, -0.1) is 0 Å². The Morgan fingerprint density at radius 1 is 1.14 bits per heavy atom. The van der Waals surface area contributed by atoms with Gasteiger partial charge in [0.1, 0.15) is 0 Å². The predicted octanol–water partition coefficient (Wildman–Crippen LogP) is 4.23. The number of aryl methyl sites for hydroxylation is 2. The average Bonchev–Trinajstić information content (AvgIpc) is 2.54. The molecule has 2 aromatic rings. The number of hydrogen-bond donors (Lipinski definition) is 1. The summed E-state index contributed by atoms with van der Waals surface area (Å²) in [6, 6.07) is 14.1. The van der Waals surface area contributed by atoms with E-state index in [4.69, 9.17) is 0 Å². The van der Waals surface area contributed by atoms with Crippen molar-refractivity contribution in [3.63, 3.8) is 0 Å². The van der Waals surface area contributed by atoms with Crippen LogP contribution in [-0.2, 0) is 12.8 Å². The van der Waals surface area contributed by atoms with Crippen molar-refractivity contribution in [1.29, 1.82) is 0 Å². The molecule has 0 amide bonds. The van der Waals surface area contributed by atoms with Crippen LogP contribution < -0.4 is 5.32 Å². The van der Waals surface area contributed by atoms with Crippen molar-refractivity contribution in [2.75, 3.05) is 11.9 Å². The minimum atomic E-state index is 0.126. The number of rotatable bonds is 4. The number of fused-ring (bicyclic) bond motifs is 1. The summed E-state index contributed by atoms with van der Waals surface area (Å²) in [5.74, 6) is 0.126. The van der Waals surface area contributed by atoms with E-state index in [0.717, 1.165) is 43.4 Å². The van der Waals surface area contributed by atoms with Crippen molar-refractivity contribution in [2.45, 2.75) is 32.6 Å². The molecule has 1 aliphatic rings. The summed E-state index contributed by atoms with van der Waals surface area (Å²) < 4.78 is 0. The zero-order chi connectivity index (χ0) is 14.7. The third kappa shape index (κ3) is 2.99. The Hall–Kier alpha value is -2.09. The molecule has 2 nitrogen and oxygen atoms in total. The van der Waals surface area contributed by atoms with Crippen LogP contribution in [0.4, 0.5) is 5.69 Å². The molecule has 1 N–H and O–H groups in total. The van der Waals surface area contributed by atoms with Gasteiger partial charge in [0.2, 0.25) is 0 Å². The monoisotopic (exact) mass is 279 g/mol. The third-order valence-corrected chi connectivity index (χ3v) is 4.03. The smallest absolute Gasteiger partial charge is 0.193 e. The van der Waals surface area contributed by atoms with Gasteiger partial charge in [-0.25, -0.2) is 0 Å². The minimum absolute atomic E-state index is 0.126. The first-order valence-electron chi connectivity index (χ1n) is 7.78. The quantitative estimate of drug-likeness (QED) is 0.849. The van der Waals surface area contributed by atoms with Crippen LogP contribution in [0.2, 0.25) is 0 Å². The van der Waals surface area contributed by atoms with Crippen molar-refractivity contribution in [2.24, 2.45) is 0 Å². The van der Waals surface area contributed by atoms with E-state index in [9.17, 15) is 4.79 Å². The maximum Gasteiger partial charge on any atom is 0.193 e. The topological polar surface area (TPSA) is 29.1 Å². The molecule has 0 saturated heterocycles. The van der Waals surface area contributed by atoms with Crippen LogP contribution in [0.25, 0.3) is 0 Å². The van der Waals surface area contributed by atoms with Crippen LogP contribution in [0.1, 0.15) is 46.8 Å². The fraction of sp³-hybridized carbons (Fsp3) is 0.316. The van der Waals surface area contributed by atoms with E-state index in [1.807, 2.05) is 30.3 Å². The lowest BCUT2D eigenvalue weighted by molar-refractivity contribution is 0.103. The van der Waals surface area contributed by atoms with E-state index in [1.165, 1.54) is 16.8 Å². The van der Waals surface area contributed by atoms with Gasteiger partial charge in [-0.2, -0.15) is 0 Å². The summed E-state index contributed by atoms with van der Waals surface area (Å²) in [7, 11) is 0. The Bertz CT molecular complexity index is 660. The minimum Gasteiger partial charge on any atom is -0.385 e. The molecule has 0 aliphatic carbocycles. The lowest BCUT2D eigenvalue weighted by atomic mass is 9.95. The van der Waals surface area contributed by atoms with E-state index >= 15 is 0 Å². The van der Waals surface area contributed by atoms with Gasteiger partial charge in [0.25, 0.3) is 0 Å². The highest BCUT2D eigenvalue weighted by Gasteiger charge is 2.14. The highest BCUT2D eigenvalue weighted by molar-refractivity contribution is 6.09. The van der Waals surface area contributed by atoms with Gasteiger partial charge >= 0.3 is 0 Å². The first kappa shape index (κ1) is 13.9. The molecule has 0 saturated carbocycles. The summed E-state index contributed by atoms with van der Waals surface area (Å²) in [5.41, 5.74) is 5.27. The third-order valence-electron chi connectivity index (χ3n) is 4.03. The summed E-state index contributed by atoms with van der Waals surface area (Å²) in [6.45, 7) is 3.18. The van der Waals surface area contributed by atoms with Gasteiger partial charge in [0, 0.05) is 23.4 Å². The standard InChI is InChI=1S/C19H21NO/c1-2-5-14-6-3-7-16(12-14)19(21)17-9-10-18-15(13-17)8-4-11-20-18/h3,6-7,9-10,12-13,20H,2,4-5,8,11H2,1H3. The molecule has 2 aromatic carbocycles. The number of nitrogens with one attached hydrogen (secondary N) is 1. The molecule has 0 bridgehead atoms. The van der Waals surface area contributed by atoms with E-state index in [-0.39, 0.29) is 5.78 Å². The van der Waals surface area contributed by atoms with Crippen LogP contribution in [0.3, 0.4) is 0 Å². The summed E-state index contributed by atoms with van der Waals surface area (Å²) in [4.78, 5) is 12.7. The lowest BCUT2D eigenvalue weighted by Gasteiger charge is -2.18. The number of anilines is 1. The number of benzene rings is 2. The molecule has 3 rings (SSSR count). The summed E-state index contributed by atoms with van der Waals surface area (Å²) in [6.07, 6.45) is 4.31. The SMILES string of the molecule is CCCc1cccc(C(=O)c2ccc3c(c2)CCCN3)c1. The molecule has 2 heteroatoms. The van der Waals surface area contributed by atoms with Gasteiger partial charge in [-0.1, -0.05) is 31.5 Å². The second kappa shape index (κ2) is 6.13. The van der Waals surface area contributed by atoms with E-state index in [2.05, 4.69) is 24.4 Å². The van der Waals surface area contributed by atoms with Gasteiger partial charge in [-0.3, -0.25) is 4.79 Å². The van der Waals surface area contributed by atoms with Crippen molar-refractivity contribution in [1.82, 2.24) is 0 Å². The van der Waals surface area contributed by atoms with Gasteiger partial charge < -0.3 is 5.32 Å². The van der Waals surface area contributed by atoms with Crippen molar-refractivity contribution < 1.29 is 4.79 Å². The second-order valence-corrected chi connectivity index (χ2v) is 5.68. The molecule has 0 spiro atoms. The molecule has 21 heavy (non-hydrogen) atoms. The van der Waals surface area contributed by atoms with Crippen LogP contribution in [0, 0.1) is 0 Å². The van der Waals surface area contributed by atoms with E-state index in [0.29, 0.717) is 0 Å². The highest BCUT2D eigenvalue weighted by Crippen LogP contribution is 2.24. The van der Waals surface area contributed by atoms with Crippen LogP contribution >= 0.6 is 0 Å². The first-order valence-corrected chi connectivity index (χ1v) is 7.78. The van der Waals surface area contributed by atoms with Gasteiger partial charge in [0.15, 0.2) is 5.78 Å². The Balaban J connectivity index is 1.89. The lowest BCUT2D eigenvalue weighted by Crippen LogP contribution is -2.12. The normalized spacial score (nSPS) is 13.4. The maximum absolute atomic E-state index is 12.7. The van der Waals surface area contributed by atoms with Crippen LogP contribution in [0.15, 0.2) is 42.5 Å². The van der Waals surface area contributed by atoms with Crippen molar-refractivity contribution >= 4 is 11.5 Å². The van der Waals surface area contributed by atoms with Crippen LogP contribution in [-0.4, -0.2) is 12.3 Å². The molecule has 1 aliphatic heterocycles. The zero-order valence-electron chi connectivity index (χ0n) is 12.5. The number of carbonyl (C=O) groups is 1. The summed E-state index contributed by atoms with van der Waals surface area (Å²) >= 11 is 0. The van der Waals surface area contributed by atoms with Crippen LogP contribution in [0.5, 0.6) is 0 Å². The molecule has 0 atom stereocenters. The number of hydrogen-bond acceptors (Lipinski definition) is 2. The van der Waals surface area contributed by atoms with Gasteiger partial charge in [-0.05, 0) is 54.7 Å².